The van der Waals surface area contributed by atoms with E-state index in [4.69, 9.17) is 4.74 Å². The predicted molar refractivity (Wildman–Crippen MR) is 81.9 cm³/mol. The van der Waals surface area contributed by atoms with Crippen LogP contribution in [-0.4, -0.2) is 29.1 Å². The van der Waals surface area contributed by atoms with Crippen LogP contribution in [0.2, 0.25) is 0 Å². The number of methoxy groups -OCH3 is 1. The number of carbonyl (C=O) groups excluding carboxylic acids is 1. The normalized spacial score (nSPS) is 10.7. The number of hydrogen-bond acceptors (Lipinski definition) is 3. The van der Waals surface area contributed by atoms with E-state index in [0.717, 1.165) is 24.3 Å². The molecule has 0 atom stereocenters. The molecule has 0 aliphatic heterocycles. The number of carbonyl (C=O) groups is 1. The van der Waals surface area contributed by atoms with E-state index in [-0.39, 0.29) is 5.91 Å². The molecule has 0 aliphatic carbocycles. The predicted octanol–water partition coefficient (Wildman–Crippen LogP) is 2.11. The number of amides is 1. The van der Waals surface area contributed by atoms with Crippen LogP contribution in [0.3, 0.4) is 0 Å². The molecule has 1 heterocycles. The summed E-state index contributed by atoms with van der Waals surface area (Å²) < 4.78 is 7.21. The first-order chi connectivity index (χ1) is 10.3. The molecule has 0 bridgehead atoms. The summed E-state index contributed by atoms with van der Waals surface area (Å²) in [6.07, 6.45) is 9.56. The highest BCUT2D eigenvalue weighted by Crippen LogP contribution is 2.18. The van der Waals surface area contributed by atoms with Crippen molar-refractivity contribution in [3.63, 3.8) is 0 Å². The smallest absolute Gasteiger partial charge is 0.244 e. The number of benzene rings is 1. The Balaban J connectivity index is 1.75. The van der Waals surface area contributed by atoms with Gasteiger partial charge in [0.2, 0.25) is 5.91 Å². The Hall–Kier alpha value is -2.56. The van der Waals surface area contributed by atoms with Gasteiger partial charge in [0.25, 0.3) is 0 Å². The number of imidazole rings is 1. The fraction of sp³-hybridized carbons (Fsp3) is 0.250. The maximum atomic E-state index is 11.7. The van der Waals surface area contributed by atoms with Crippen LogP contribution in [-0.2, 0) is 11.3 Å². The largest absolute Gasteiger partial charge is 0.496 e. The minimum absolute atomic E-state index is 0.105. The summed E-state index contributed by atoms with van der Waals surface area (Å²) in [6, 6.07) is 7.57. The van der Waals surface area contributed by atoms with Crippen molar-refractivity contribution in [3.8, 4) is 5.75 Å². The Kier molecular flexibility index (Phi) is 5.58. The lowest BCUT2D eigenvalue weighted by atomic mass is 10.2. The molecular weight excluding hydrogens is 266 g/mol. The average molecular weight is 285 g/mol. The Labute approximate surface area is 124 Å². The zero-order valence-electron chi connectivity index (χ0n) is 12.0. The van der Waals surface area contributed by atoms with E-state index in [1.807, 2.05) is 35.0 Å². The van der Waals surface area contributed by atoms with Crippen LogP contribution >= 0.6 is 0 Å². The highest BCUT2D eigenvalue weighted by molar-refractivity contribution is 5.92. The Morgan fingerprint density at radius 2 is 2.29 bits per heavy atom. The second kappa shape index (κ2) is 7.89. The molecular formula is C16H19N3O2. The monoisotopic (exact) mass is 285 g/mol. The summed E-state index contributed by atoms with van der Waals surface area (Å²) in [4.78, 5) is 15.7. The number of rotatable bonds is 7. The summed E-state index contributed by atoms with van der Waals surface area (Å²) in [5.41, 5.74) is 0.883. The fourth-order valence-corrected chi connectivity index (χ4v) is 1.92. The van der Waals surface area contributed by atoms with Gasteiger partial charge in [-0.05, 0) is 18.6 Å². The van der Waals surface area contributed by atoms with Gasteiger partial charge in [-0.3, -0.25) is 4.79 Å². The lowest BCUT2D eigenvalue weighted by Gasteiger charge is -2.04. The maximum Gasteiger partial charge on any atom is 0.244 e. The number of para-hydroxylation sites is 1. The van der Waals surface area contributed by atoms with Gasteiger partial charge in [-0.1, -0.05) is 18.2 Å². The fourth-order valence-electron chi connectivity index (χ4n) is 1.92. The van der Waals surface area contributed by atoms with Gasteiger partial charge in [-0.25, -0.2) is 4.98 Å². The first kappa shape index (κ1) is 14.8. The van der Waals surface area contributed by atoms with E-state index >= 15 is 0 Å². The molecule has 2 rings (SSSR count). The van der Waals surface area contributed by atoms with E-state index in [1.165, 1.54) is 6.08 Å². The third kappa shape index (κ3) is 4.80. The number of hydrogen-bond donors (Lipinski definition) is 1. The minimum Gasteiger partial charge on any atom is -0.496 e. The Bertz CT molecular complexity index is 591. The van der Waals surface area contributed by atoms with Gasteiger partial charge in [0, 0.05) is 37.1 Å². The number of aromatic nitrogens is 2. The SMILES string of the molecule is COc1ccccc1C=CC(=O)NCCCn1ccnc1. The molecule has 0 saturated heterocycles. The topological polar surface area (TPSA) is 56.1 Å². The first-order valence-corrected chi connectivity index (χ1v) is 6.84. The zero-order chi connectivity index (χ0) is 14.9. The summed E-state index contributed by atoms with van der Waals surface area (Å²) in [5.74, 6) is 0.646. The van der Waals surface area contributed by atoms with Gasteiger partial charge in [0.1, 0.15) is 5.75 Å². The van der Waals surface area contributed by atoms with Crippen molar-refractivity contribution in [1.82, 2.24) is 14.9 Å². The Morgan fingerprint density at radius 3 is 3.05 bits per heavy atom. The number of nitrogens with zero attached hydrogens (tertiary/aromatic N) is 2. The van der Waals surface area contributed by atoms with Crippen molar-refractivity contribution in [2.45, 2.75) is 13.0 Å². The summed E-state index contributed by atoms with van der Waals surface area (Å²) >= 11 is 0. The summed E-state index contributed by atoms with van der Waals surface area (Å²) in [6.45, 7) is 1.48. The summed E-state index contributed by atoms with van der Waals surface area (Å²) in [7, 11) is 1.61. The van der Waals surface area contributed by atoms with Crippen LogP contribution < -0.4 is 10.1 Å². The van der Waals surface area contributed by atoms with Crippen LogP contribution in [0.1, 0.15) is 12.0 Å². The van der Waals surface area contributed by atoms with Gasteiger partial charge >= 0.3 is 0 Å². The molecule has 0 saturated carbocycles. The molecule has 0 aliphatic rings. The molecule has 0 spiro atoms. The number of nitrogens with one attached hydrogen (secondary N) is 1. The summed E-state index contributed by atoms with van der Waals surface area (Å²) in [5, 5.41) is 2.85. The molecule has 2 aromatic rings. The lowest BCUT2D eigenvalue weighted by molar-refractivity contribution is -0.116. The van der Waals surface area contributed by atoms with Gasteiger partial charge in [-0.2, -0.15) is 0 Å². The molecule has 1 N–H and O–H groups in total. The first-order valence-electron chi connectivity index (χ1n) is 6.84. The molecule has 110 valence electrons. The molecule has 1 aromatic heterocycles. The molecule has 0 unspecified atom stereocenters. The molecule has 1 amide bonds. The highest BCUT2D eigenvalue weighted by Gasteiger charge is 1.99. The second-order valence-corrected chi connectivity index (χ2v) is 4.52. The van der Waals surface area contributed by atoms with Gasteiger partial charge in [0.15, 0.2) is 0 Å². The highest BCUT2D eigenvalue weighted by atomic mass is 16.5. The van der Waals surface area contributed by atoms with E-state index < -0.39 is 0 Å². The van der Waals surface area contributed by atoms with Crippen LogP contribution in [0.5, 0.6) is 5.75 Å². The molecule has 5 heteroatoms. The quantitative estimate of drug-likeness (QED) is 0.626. The van der Waals surface area contributed by atoms with Crippen molar-refractivity contribution in [1.29, 1.82) is 0 Å². The van der Waals surface area contributed by atoms with E-state index in [2.05, 4.69) is 10.3 Å². The van der Waals surface area contributed by atoms with Crippen molar-refractivity contribution in [3.05, 3.63) is 54.6 Å². The Morgan fingerprint density at radius 1 is 1.43 bits per heavy atom. The number of aryl methyl sites for hydroxylation is 1. The number of ether oxygens (including phenoxy) is 1. The van der Waals surface area contributed by atoms with Crippen LogP contribution in [0, 0.1) is 0 Å². The molecule has 1 aromatic carbocycles. The van der Waals surface area contributed by atoms with Crippen molar-refractivity contribution in [2.75, 3.05) is 13.7 Å². The van der Waals surface area contributed by atoms with Crippen LogP contribution in [0.25, 0.3) is 6.08 Å². The van der Waals surface area contributed by atoms with E-state index in [0.29, 0.717) is 6.54 Å². The van der Waals surface area contributed by atoms with Crippen molar-refractivity contribution >= 4 is 12.0 Å². The third-order valence-electron chi connectivity index (χ3n) is 3.00. The average Bonchev–Trinajstić information content (AvgIpc) is 3.03. The third-order valence-corrected chi connectivity index (χ3v) is 3.00. The molecule has 0 fully saturated rings. The van der Waals surface area contributed by atoms with Gasteiger partial charge in [0.05, 0.1) is 13.4 Å². The van der Waals surface area contributed by atoms with E-state index in [9.17, 15) is 4.79 Å². The minimum atomic E-state index is -0.105. The molecule has 0 radical (unpaired) electrons. The zero-order valence-corrected chi connectivity index (χ0v) is 12.0. The van der Waals surface area contributed by atoms with Crippen LogP contribution in [0.15, 0.2) is 49.1 Å². The van der Waals surface area contributed by atoms with Gasteiger partial charge < -0.3 is 14.6 Å². The standard InChI is InChI=1S/C16H19N3O2/c1-21-15-6-3-2-5-14(15)7-8-16(20)18-9-4-11-19-12-10-17-13-19/h2-3,5-8,10,12-13H,4,9,11H2,1H3,(H,18,20). The van der Waals surface area contributed by atoms with Crippen LogP contribution in [0.4, 0.5) is 0 Å². The van der Waals surface area contributed by atoms with Crippen molar-refractivity contribution in [2.24, 2.45) is 0 Å². The van der Waals surface area contributed by atoms with Crippen molar-refractivity contribution < 1.29 is 9.53 Å². The van der Waals surface area contributed by atoms with Gasteiger partial charge in [-0.15, -0.1) is 0 Å². The second-order valence-electron chi connectivity index (χ2n) is 4.52. The van der Waals surface area contributed by atoms with E-state index in [1.54, 1.807) is 25.7 Å². The molecule has 21 heavy (non-hydrogen) atoms. The maximum absolute atomic E-state index is 11.7. The molecule has 5 nitrogen and oxygen atoms in total. The lowest BCUT2D eigenvalue weighted by Crippen LogP contribution is -2.22.